The van der Waals surface area contributed by atoms with Crippen molar-refractivity contribution in [2.45, 2.75) is 39.7 Å². The van der Waals surface area contributed by atoms with Gasteiger partial charge in [-0.3, -0.25) is 0 Å². The van der Waals surface area contributed by atoms with Gasteiger partial charge in [0.05, 0.1) is 12.0 Å². The highest BCUT2D eigenvalue weighted by molar-refractivity contribution is 4.84. The molecule has 0 bridgehead atoms. The highest BCUT2D eigenvalue weighted by atomic mass is 15.2. The number of nitrogens with zero attached hydrogens (tertiary/aromatic N) is 2. The van der Waals surface area contributed by atoms with Crippen molar-refractivity contribution in [3.8, 4) is 6.07 Å². The lowest BCUT2D eigenvalue weighted by Gasteiger charge is -2.28. The molecular weight excluding hydrogens is 198 g/mol. The van der Waals surface area contributed by atoms with Gasteiger partial charge < -0.3 is 10.2 Å². The van der Waals surface area contributed by atoms with Crippen LogP contribution in [0, 0.1) is 23.2 Å². The van der Waals surface area contributed by atoms with Crippen LogP contribution < -0.4 is 5.32 Å². The van der Waals surface area contributed by atoms with Crippen LogP contribution >= 0.6 is 0 Å². The Balaban J connectivity index is 2.39. The highest BCUT2D eigenvalue weighted by Crippen LogP contribution is 2.10. The summed E-state index contributed by atoms with van der Waals surface area (Å²) in [5.74, 6) is 0.812. The van der Waals surface area contributed by atoms with Gasteiger partial charge in [-0.05, 0) is 32.2 Å². The lowest BCUT2D eigenvalue weighted by molar-refractivity contribution is 0.210. The molecule has 1 aliphatic heterocycles. The van der Waals surface area contributed by atoms with E-state index in [-0.39, 0.29) is 5.92 Å². The first-order valence-electron chi connectivity index (χ1n) is 6.47. The summed E-state index contributed by atoms with van der Waals surface area (Å²) < 4.78 is 0. The van der Waals surface area contributed by atoms with Crippen molar-refractivity contribution in [1.82, 2.24) is 10.2 Å². The van der Waals surface area contributed by atoms with Crippen LogP contribution in [0.4, 0.5) is 0 Å². The molecule has 16 heavy (non-hydrogen) atoms. The van der Waals surface area contributed by atoms with E-state index in [1.807, 2.05) is 6.92 Å². The Hall–Kier alpha value is -0.590. The van der Waals surface area contributed by atoms with E-state index in [9.17, 15) is 0 Å². The van der Waals surface area contributed by atoms with E-state index in [4.69, 9.17) is 5.26 Å². The molecule has 0 aromatic heterocycles. The summed E-state index contributed by atoms with van der Waals surface area (Å²) in [5, 5.41) is 12.4. The van der Waals surface area contributed by atoms with E-state index in [2.05, 4.69) is 30.1 Å². The topological polar surface area (TPSA) is 39.1 Å². The summed E-state index contributed by atoms with van der Waals surface area (Å²) in [5.41, 5.74) is 0. The lowest BCUT2D eigenvalue weighted by atomic mass is 10.1. The SMILES string of the molecule is CC(C)CN(CC(C)C#N)CC1CCCN1. The zero-order chi connectivity index (χ0) is 12.0. The minimum absolute atomic E-state index is 0.139. The third-order valence-electron chi connectivity index (χ3n) is 3.02. The van der Waals surface area contributed by atoms with Crippen molar-refractivity contribution in [2.75, 3.05) is 26.2 Å². The molecular formula is C13H25N3. The normalized spacial score (nSPS) is 22.6. The van der Waals surface area contributed by atoms with Crippen LogP contribution in [0.1, 0.15) is 33.6 Å². The Morgan fingerprint density at radius 3 is 2.62 bits per heavy atom. The molecule has 1 N–H and O–H groups in total. The molecule has 3 nitrogen and oxygen atoms in total. The number of hydrogen-bond acceptors (Lipinski definition) is 3. The smallest absolute Gasteiger partial charge is 0.0666 e. The zero-order valence-electron chi connectivity index (χ0n) is 10.9. The predicted octanol–water partition coefficient (Wildman–Crippen LogP) is 1.86. The molecule has 1 rings (SSSR count). The van der Waals surface area contributed by atoms with Gasteiger partial charge in [0, 0.05) is 25.7 Å². The van der Waals surface area contributed by atoms with Gasteiger partial charge in [0.2, 0.25) is 0 Å². The van der Waals surface area contributed by atoms with Crippen molar-refractivity contribution in [1.29, 1.82) is 5.26 Å². The molecule has 1 heterocycles. The highest BCUT2D eigenvalue weighted by Gasteiger charge is 2.19. The summed E-state index contributed by atoms with van der Waals surface area (Å²) in [7, 11) is 0. The van der Waals surface area contributed by atoms with Gasteiger partial charge in [0.1, 0.15) is 0 Å². The molecule has 0 aliphatic carbocycles. The van der Waals surface area contributed by atoms with Crippen molar-refractivity contribution in [2.24, 2.45) is 11.8 Å². The Morgan fingerprint density at radius 1 is 1.38 bits per heavy atom. The zero-order valence-corrected chi connectivity index (χ0v) is 10.9. The molecule has 0 amide bonds. The first-order valence-corrected chi connectivity index (χ1v) is 6.47. The van der Waals surface area contributed by atoms with Crippen LogP contribution in [0.2, 0.25) is 0 Å². The van der Waals surface area contributed by atoms with Gasteiger partial charge >= 0.3 is 0 Å². The lowest BCUT2D eigenvalue weighted by Crippen LogP contribution is -2.41. The van der Waals surface area contributed by atoms with E-state index >= 15 is 0 Å². The maximum atomic E-state index is 8.89. The van der Waals surface area contributed by atoms with Crippen LogP contribution in [0.15, 0.2) is 0 Å². The largest absolute Gasteiger partial charge is 0.313 e. The van der Waals surface area contributed by atoms with E-state index in [0.29, 0.717) is 12.0 Å². The quantitative estimate of drug-likeness (QED) is 0.747. The van der Waals surface area contributed by atoms with E-state index in [1.165, 1.54) is 12.8 Å². The molecule has 0 saturated carbocycles. The number of nitriles is 1. The molecule has 92 valence electrons. The van der Waals surface area contributed by atoms with Crippen molar-refractivity contribution < 1.29 is 0 Å². The second-order valence-corrected chi connectivity index (χ2v) is 5.44. The van der Waals surface area contributed by atoms with Crippen LogP contribution in [-0.2, 0) is 0 Å². The van der Waals surface area contributed by atoms with Gasteiger partial charge in [-0.15, -0.1) is 0 Å². The monoisotopic (exact) mass is 223 g/mol. The Bertz CT molecular complexity index is 226. The Morgan fingerprint density at radius 2 is 2.12 bits per heavy atom. The van der Waals surface area contributed by atoms with Crippen molar-refractivity contribution in [3.63, 3.8) is 0 Å². The first-order chi connectivity index (χ1) is 7.61. The van der Waals surface area contributed by atoms with Crippen LogP contribution in [0.25, 0.3) is 0 Å². The Labute approximate surface area is 99.8 Å². The van der Waals surface area contributed by atoms with Crippen molar-refractivity contribution >= 4 is 0 Å². The molecule has 1 fully saturated rings. The van der Waals surface area contributed by atoms with Gasteiger partial charge in [0.25, 0.3) is 0 Å². The number of nitrogens with one attached hydrogen (secondary N) is 1. The van der Waals surface area contributed by atoms with E-state index in [1.54, 1.807) is 0 Å². The van der Waals surface area contributed by atoms with Gasteiger partial charge in [-0.2, -0.15) is 5.26 Å². The minimum Gasteiger partial charge on any atom is -0.313 e. The molecule has 0 radical (unpaired) electrons. The summed E-state index contributed by atoms with van der Waals surface area (Å²) >= 11 is 0. The second kappa shape index (κ2) is 6.88. The second-order valence-electron chi connectivity index (χ2n) is 5.44. The molecule has 2 unspecified atom stereocenters. The fraction of sp³-hybridized carbons (Fsp3) is 0.923. The maximum absolute atomic E-state index is 8.89. The van der Waals surface area contributed by atoms with Gasteiger partial charge in [-0.1, -0.05) is 13.8 Å². The summed E-state index contributed by atoms with van der Waals surface area (Å²) in [6.07, 6.45) is 2.59. The molecule has 0 aromatic rings. The fourth-order valence-electron chi connectivity index (χ4n) is 2.39. The third-order valence-corrected chi connectivity index (χ3v) is 3.02. The standard InChI is InChI=1S/C13H25N3/c1-11(2)8-16(9-12(3)7-14)10-13-5-4-6-15-13/h11-13,15H,4-6,8-10H2,1-3H3. The summed E-state index contributed by atoms with van der Waals surface area (Å²) in [6, 6.07) is 2.97. The van der Waals surface area contributed by atoms with Gasteiger partial charge in [0.15, 0.2) is 0 Å². The maximum Gasteiger partial charge on any atom is 0.0666 e. The van der Waals surface area contributed by atoms with Crippen molar-refractivity contribution in [3.05, 3.63) is 0 Å². The molecule has 2 atom stereocenters. The summed E-state index contributed by atoms with van der Waals surface area (Å²) in [4.78, 5) is 2.45. The van der Waals surface area contributed by atoms with E-state index < -0.39 is 0 Å². The van der Waals surface area contributed by atoms with Crippen LogP contribution in [-0.4, -0.2) is 37.1 Å². The van der Waals surface area contributed by atoms with Crippen LogP contribution in [0.5, 0.6) is 0 Å². The van der Waals surface area contributed by atoms with E-state index in [0.717, 1.165) is 26.2 Å². The summed E-state index contributed by atoms with van der Waals surface area (Å²) in [6.45, 7) is 10.8. The average molecular weight is 223 g/mol. The minimum atomic E-state index is 0.139. The third kappa shape index (κ3) is 4.96. The number of rotatable bonds is 6. The van der Waals surface area contributed by atoms with Gasteiger partial charge in [-0.25, -0.2) is 0 Å². The molecule has 1 aliphatic rings. The Kier molecular flexibility index (Phi) is 5.79. The predicted molar refractivity (Wildman–Crippen MR) is 67.1 cm³/mol. The average Bonchev–Trinajstić information content (AvgIpc) is 2.69. The molecule has 0 spiro atoms. The molecule has 0 aromatic carbocycles. The first kappa shape index (κ1) is 13.5. The van der Waals surface area contributed by atoms with Crippen LogP contribution in [0.3, 0.4) is 0 Å². The fourth-order valence-corrected chi connectivity index (χ4v) is 2.39. The molecule has 3 heteroatoms. The number of hydrogen-bond donors (Lipinski definition) is 1. The molecule has 1 saturated heterocycles.